The van der Waals surface area contributed by atoms with E-state index in [-0.39, 0.29) is 5.91 Å². The molecule has 96 valence electrons. The van der Waals surface area contributed by atoms with Gasteiger partial charge in [-0.05, 0) is 22.0 Å². The molecule has 0 aliphatic heterocycles. The smallest absolute Gasteiger partial charge is 0.274 e. The van der Waals surface area contributed by atoms with Crippen molar-refractivity contribution in [3.8, 4) is 0 Å². The van der Waals surface area contributed by atoms with Crippen molar-refractivity contribution in [1.29, 1.82) is 0 Å². The molecule has 0 atom stereocenters. The van der Waals surface area contributed by atoms with Crippen LogP contribution in [0.2, 0.25) is 0 Å². The van der Waals surface area contributed by atoms with Crippen LogP contribution in [0.3, 0.4) is 0 Å². The zero-order chi connectivity index (χ0) is 13.3. The second-order valence-corrected chi connectivity index (χ2v) is 4.95. The van der Waals surface area contributed by atoms with Crippen molar-refractivity contribution in [3.63, 3.8) is 0 Å². The number of halogens is 1. The molecular formula is C11H14BrN5O. The first-order chi connectivity index (χ1) is 8.49. The van der Waals surface area contributed by atoms with Gasteiger partial charge in [0.05, 0.1) is 22.9 Å². The number of carbonyl (C=O) groups excluding carboxylic acids is 1. The number of hydrogen-bond donors (Lipinski definition) is 0. The van der Waals surface area contributed by atoms with Crippen LogP contribution in [0.25, 0.3) is 0 Å². The molecule has 0 aliphatic rings. The molecule has 0 saturated heterocycles. The van der Waals surface area contributed by atoms with Gasteiger partial charge in [-0.25, -0.2) is 0 Å². The van der Waals surface area contributed by atoms with E-state index in [4.69, 9.17) is 0 Å². The van der Waals surface area contributed by atoms with Gasteiger partial charge < -0.3 is 4.90 Å². The summed E-state index contributed by atoms with van der Waals surface area (Å²) in [7, 11) is 5.38. The van der Waals surface area contributed by atoms with Crippen LogP contribution in [0, 0.1) is 0 Å². The molecule has 2 aromatic rings. The average Bonchev–Trinajstić information content (AvgIpc) is 2.89. The Kier molecular flexibility index (Phi) is 3.51. The first-order valence-corrected chi connectivity index (χ1v) is 6.20. The Hall–Kier alpha value is -1.63. The SMILES string of the molecule is CN(Cc1c(Br)cnn1C)C(=O)c1ccn(C)n1. The number of rotatable bonds is 3. The largest absolute Gasteiger partial charge is 0.334 e. The number of nitrogens with zero attached hydrogens (tertiary/aromatic N) is 5. The van der Waals surface area contributed by atoms with E-state index in [1.807, 2.05) is 7.05 Å². The Bertz CT molecular complexity index is 554. The molecule has 0 saturated carbocycles. The summed E-state index contributed by atoms with van der Waals surface area (Å²) in [6, 6.07) is 1.71. The highest BCUT2D eigenvalue weighted by molar-refractivity contribution is 9.10. The Morgan fingerprint density at radius 2 is 2.22 bits per heavy atom. The number of hydrogen-bond acceptors (Lipinski definition) is 3. The van der Waals surface area contributed by atoms with Gasteiger partial charge in [-0.2, -0.15) is 10.2 Å². The molecule has 18 heavy (non-hydrogen) atoms. The van der Waals surface area contributed by atoms with Crippen LogP contribution in [0.4, 0.5) is 0 Å². The third-order valence-electron chi connectivity index (χ3n) is 2.68. The summed E-state index contributed by atoms with van der Waals surface area (Å²) in [5, 5.41) is 8.21. The number of aryl methyl sites for hydroxylation is 2. The van der Waals surface area contributed by atoms with Crippen molar-refractivity contribution in [3.05, 3.63) is 34.3 Å². The van der Waals surface area contributed by atoms with Crippen molar-refractivity contribution >= 4 is 21.8 Å². The van der Waals surface area contributed by atoms with E-state index in [1.54, 1.807) is 46.8 Å². The van der Waals surface area contributed by atoms with E-state index in [9.17, 15) is 4.79 Å². The maximum atomic E-state index is 12.1. The van der Waals surface area contributed by atoms with E-state index in [2.05, 4.69) is 26.1 Å². The summed E-state index contributed by atoms with van der Waals surface area (Å²) < 4.78 is 4.25. The third-order valence-corrected chi connectivity index (χ3v) is 3.34. The minimum absolute atomic E-state index is 0.108. The Balaban J connectivity index is 2.13. The van der Waals surface area contributed by atoms with Crippen LogP contribution in [-0.2, 0) is 20.6 Å². The molecule has 0 unspecified atom stereocenters. The van der Waals surface area contributed by atoms with Gasteiger partial charge in [0.2, 0.25) is 0 Å². The molecule has 1 amide bonds. The van der Waals surface area contributed by atoms with Crippen molar-refractivity contribution in [2.45, 2.75) is 6.54 Å². The van der Waals surface area contributed by atoms with Crippen LogP contribution in [-0.4, -0.2) is 37.4 Å². The van der Waals surface area contributed by atoms with Crippen LogP contribution in [0.1, 0.15) is 16.2 Å². The van der Waals surface area contributed by atoms with E-state index in [1.165, 1.54) is 0 Å². The summed E-state index contributed by atoms with van der Waals surface area (Å²) in [5.74, 6) is -0.108. The minimum Gasteiger partial charge on any atom is -0.334 e. The summed E-state index contributed by atoms with van der Waals surface area (Å²) in [5.41, 5.74) is 1.39. The van der Waals surface area contributed by atoms with Crippen molar-refractivity contribution in [1.82, 2.24) is 24.5 Å². The lowest BCUT2D eigenvalue weighted by Gasteiger charge is -2.16. The fourth-order valence-electron chi connectivity index (χ4n) is 1.64. The second-order valence-electron chi connectivity index (χ2n) is 4.10. The molecular weight excluding hydrogens is 298 g/mol. The van der Waals surface area contributed by atoms with Gasteiger partial charge >= 0.3 is 0 Å². The lowest BCUT2D eigenvalue weighted by molar-refractivity contribution is 0.0775. The fourth-order valence-corrected chi connectivity index (χ4v) is 2.11. The fraction of sp³-hybridized carbons (Fsp3) is 0.364. The van der Waals surface area contributed by atoms with Crippen LogP contribution in [0.15, 0.2) is 22.9 Å². The zero-order valence-electron chi connectivity index (χ0n) is 10.5. The highest BCUT2D eigenvalue weighted by atomic mass is 79.9. The molecule has 2 aromatic heterocycles. The Labute approximate surface area is 113 Å². The predicted octanol–water partition coefficient (Wildman–Crippen LogP) is 1.19. The first-order valence-electron chi connectivity index (χ1n) is 5.40. The van der Waals surface area contributed by atoms with Crippen molar-refractivity contribution in [2.24, 2.45) is 14.1 Å². The van der Waals surface area contributed by atoms with Crippen molar-refractivity contribution in [2.75, 3.05) is 7.05 Å². The molecule has 0 radical (unpaired) electrons. The van der Waals surface area contributed by atoms with E-state index in [0.717, 1.165) is 10.2 Å². The normalized spacial score (nSPS) is 10.7. The molecule has 0 N–H and O–H groups in total. The molecule has 0 aromatic carbocycles. The highest BCUT2D eigenvalue weighted by Crippen LogP contribution is 2.17. The lowest BCUT2D eigenvalue weighted by atomic mass is 10.3. The summed E-state index contributed by atoms with van der Waals surface area (Å²) in [4.78, 5) is 13.7. The van der Waals surface area contributed by atoms with Crippen LogP contribution >= 0.6 is 15.9 Å². The van der Waals surface area contributed by atoms with Crippen molar-refractivity contribution < 1.29 is 4.79 Å². The number of carbonyl (C=O) groups is 1. The van der Waals surface area contributed by atoms with Crippen LogP contribution in [0.5, 0.6) is 0 Å². The maximum absolute atomic E-state index is 12.1. The molecule has 7 heteroatoms. The zero-order valence-corrected chi connectivity index (χ0v) is 12.0. The minimum atomic E-state index is -0.108. The summed E-state index contributed by atoms with van der Waals surface area (Å²) in [6.07, 6.45) is 3.47. The number of aromatic nitrogens is 4. The monoisotopic (exact) mass is 311 g/mol. The molecule has 0 fully saturated rings. The second kappa shape index (κ2) is 4.93. The average molecular weight is 312 g/mol. The third kappa shape index (κ3) is 2.45. The van der Waals surface area contributed by atoms with Crippen LogP contribution < -0.4 is 0 Å². The molecule has 0 bridgehead atoms. The molecule has 0 spiro atoms. The van der Waals surface area contributed by atoms with Gasteiger partial charge in [-0.15, -0.1) is 0 Å². The standard InChI is InChI=1S/C11H14BrN5O/c1-15(7-10-8(12)6-13-17(10)3)11(18)9-4-5-16(2)14-9/h4-6H,7H2,1-3H3. The predicted molar refractivity (Wildman–Crippen MR) is 69.9 cm³/mol. The van der Waals surface area contributed by atoms with Gasteiger partial charge in [0.1, 0.15) is 5.69 Å². The topological polar surface area (TPSA) is 56.0 Å². The van der Waals surface area contributed by atoms with Gasteiger partial charge in [0.15, 0.2) is 0 Å². The van der Waals surface area contributed by atoms with E-state index >= 15 is 0 Å². The maximum Gasteiger partial charge on any atom is 0.274 e. The Morgan fingerprint density at radius 3 is 2.72 bits per heavy atom. The van der Waals surface area contributed by atoms with Gasteiger partial charge in [-0.1, -0.05) is 0 Å². The highest BCUT2D eigenvalue weighted by Gasteiger charge is 2.17. The lowest BCUT2D eigenvalue weighted by Crippen LogP contribution is -2.27. The number of amides is 1. The van der Waals surface area contributed by atoms with Gasteiger partial charge in [0, 0.05) is 27.3 Å². The molecule has 0 aliphatic carbocycles. The van der Waals surface area contributed by atoms with Gasteiger partial charge in [-0.3, -0.25) is 14.2 Å². The molecule has 2 rings (SSSR count). The molecule has 6 nitrogen and oxygen atoms in total. The Morgan fingerprint density at radius 1 is 1.50 bits per heavy atom. The van der Waals surface area contributed by atoms with E-state index < -0.39 is 0 Å². The summed E-state index contributed by atoms with van der Waals surface area (Å²) >= 11 is 3.41. The molecule has 2 heterocycles. The first kappa shape index (κ1) is 12.8. The summed E-state index contributed by atoms with van der Waals surface area (Å²) in [6.45, 7) is 0.479. The van der Waals surface area contributed by atoms with Gasteiger partial charge in [0.25, 0.3) is 5.91 Å². The quantitative estimate of drug-likeness (QED) is 0.855. The van der Waals surface area contributed by atoms with E-state index in [0.29, 0.717) is 12.2 Å².